The summed E-state index contributed by atoms with van der Waals surface area (Å²) in [6, 6.07) is 8.44. The van der Waals surface area contributed by atoms with Crippen molar-refractivity contribution in [2.75, 3.05) is 26.7 Å². The molecule has 0 fully saturated rings. The monoisotopic (exact) mass is 282 g/mol. The highest BCUT2D eigenvalue weighted by Gasteiger charge is 2.14. The molecule has 1 atom stereocenters. The summed E-state index contributed by atoms with van der Waals surface area (Å²) >= 11 is 6.28. The summed E-state index contributed by atoms with van der Waals surface area (Å²) in [5.74, 6) is 0.716. The van der Waals surface area contributed by atoms with Crippen molar-refractivity contribution >= 4 is 11.6 Å². The molecule has 0 aromatic heterocycles. The van der Waals surface area contributed by atoms with Crippen molar-refractivity contribution in [3.63, 3.8) is 0 Å². The quantitative estimate of drug-likeness (QED) is 0.776. The highest BCUT2D eigenvalue weighted by molar-refractivity contribution is 6.31. The first-order valence-electron chi connectivity index (χ1n) is 7.22. The zero-order valence-electron chi connectivity index (χ0n) is 12.6. The van der Waals surface area contributed by atoms with Gasteiger partial charge in [-0.05, 0) is 44.1 Å². The summed E-state index contributed by atoms with van der Waals surface area (Å²) in [4.78, 5) is 2.51. The molecule has 0 heterocycles. The lowest BCUT2D eigenvalue weighted by Gasteiger charge is -2.25. The molecule has 19 heavy (non-hydrogen) atoms. The van der Waals surface area contributed by atoms with Crippen LogP contribution in [0, 0.1) is 5.92 Å². The van der Waals surface area contributed by atoms with E-state index in [0.29, 0.717) is 12.0 Å². The van der Waals surface area contributed by atoms with Crippen molar-refractivity contribution < 1.29 is 0 Å². The Labute approximate surface area is 123 Å². The molecule has 1 N–H and O–H groups in total. The first-order chi connectivity index (χ1) is 9.08. The van der Waals surface area contributed by atoms with E-state index in [0.717, 1.165) is 31.1 Å². The first kappa shape index (κ1) is 16.5. The Hall–Kier alpha value is -0.570. The topological polar surface area (TPSA) is 15.3 Å². The van der Waals surface area contributed by atoms with E-state index in [9.17, 15) is 0 Å². The van der Waals surface area contributed by atoms with Crippen LogP contribution in [0.4, 0.5) is 0 Å². The van der Waals surface area contributed by atoms with Crippen molar-refractivity contribution in [2.24, 2.45) is 5.92 Å². The fourth-order valence-electron chi connectivity index (χ4n) is 2.42. The molecule has 0 spiro atoms. The zero-order chi connectivity index (χ0) is 14.3. The Balaban J connectivity index is 2.60. The van der Waals surface area contributed by atoms with E-state index in [1.165, 1.54) is 5.56 Å². The molecule has 2 nitrogen and oxygen atoms in total. The van der Waals surface area contributed by atoms with Gasteiger partial charge < -0.3 is 10.2 Å². The molecule has 0 radical (unpaired) electrons. The van der Waals surface area contributed by atoms with Crippen LogP contribution in [0.3, 0.4) is 0 Å². The molecule has 0 aliphatic rings. The number of hydrogen-bond donors (Lipinski definition) is 1. The number of nitrogens with one attached hydrogen (secondary N) is 1. The van der Waals surface area contributed by atoms with Crippen LogP contribution in [-0.4, -0.2) is 31.6 Å². The van der Waals surface area contributed by atoms with Crippen LogP contribution >= 0.6 is 11.6 Å². The van der Waals surface area contributed by atoms with E-state index in [1.807, 2.05) is 19.2 Å². The standard InChI is InChI=1S/C16H27ClN2/c1-5-19(12-13(2)3)11-10-16(18-4)14-8-6-7-9-15(14)17/h6-9,13,16,18H,5,10-12H2,1-4H3. The third kappa shape index (κ3) is 5.52. The van der Waals surface area contributed by atoms with Crippen molar-refractivity contribution in [3.05, 3.63) is 34.9 Å². The smallest absolute Gasteiger partial charge is 0.0453 e. The molecule has 0 saturated heterocycles. The number of hydrogen-bond acceptors (Lipinski definition) is 2. The zero-order valence-corrected chi connectivity index (χ0v) is 13.4. The highest BCUT2D eigenvalue weighted by atomic mass is 35.5. The summed E-state index contributed by atoms with van der Waals surface area (Å²) in [7, 11) is 2.01. The number of nitrogens with zero attached hydrogens (tertiary/aromatic N) is 1. The second-order valence-corrected chi connectivity index (χ2v) is 5.85. The lowest BCUT2D eigenvalue weighted by molar-refractivity contribution is 0.243. The summed E-state index contributed by atoms with van der Waals surface area (Å²) < 4.78 is 0. The Morgan fingerprint density at radius 2 is 1.95 bits per heavy atom. The van der Waals surface area contributed by atoms with Gasteiger partial charge in [0.2, 0.25) is 0 Å². The molecule has 3 heteroatoms. The van der Waals surface area contributed by atoms with Gasteiger partial charge in [0.05, 0.1) is 0 Å². The second kappa shape index (κ2) is 8.57. The lowest BCUT2D eigenvalue weighted by atomic mass is 10.0. The van der Waals surface area contributed by atoms with Crippen molar-refractivity contribution in [2.45, 2.75) is 33.2 Å². The van der Waals surface area contributed by atoms with E-state index >= 15 is 0 Å². The van der Waals surface area contributed by atoms with Crippen LogP contribution in [-0.2, 0) is 0 Å². The summed E-state index contributed by atoms with van der Waals surface area (Å²) in [6.45, 7) is 10.1. The van der Waals surface area contributed by atoms with Crippen LogP contribution in [0.5, 0.6) is 0 Å². The molecule has 0 aliphatic carbocycles. The highest BCUT2D eigenvalue weighted by Crippen LogP contribution is 2.24. The van der Waals surface area contributed by atoms with Crippen LogP contribution in [0.1, 0.15) is 38.8 Å². The van der Waals surface area contributed by atoms with Gasteiger partial charge in [0.1, 0.15) is 0 Å². The maximum absolute atomic E-state index is 6.28. The van der Waals surface area contributed by atoms with Crippen LogP contribution in [0.2, 0.25) is 5.02 Å². The van der Waals surface area contributed by atoms with Gasteiger partial charge >= 0.3 is 0 Å². The molecule has 1 rings (SSSR count). The maximum Gasteiger partial charge on any atom is 0.0453 e. The fraction of sp³-hybridized carbons (Fsp3) is 0.625. The second-order valence-electron chi connectivity index (χ2n) is 5.44. The van der Waals surface area contributed by atoms with Gasteiger partial charge in [0.25, 0.3) is 0 Å². The van der Waals surface area contributed by atoms with Gasteiger partial charge in [-0.1, -0.05) is 50.6 Å². The molecule has 1 aromatic carbocycles. The summed E-state index contributed by atoms with van der Waals surface area (Å²) in [6.07, 6.45) is 1.08. The Bertz CT molecular complexity index is 366. The van der Waals surface area contributed by atoms with Crippen LogP contribution < -0.4 is 5.32 Å². The van der Waals surface area contributed by atoms with Gasteiger partial charge in [-0.2, -0.15) is 0 Å². The average Bonchev–Trinajstić information content (AvgIpc) is 2.39. The van der Waals surface area contributed by atoms with E-state index in [-0.39, 0.29) is 0 Å². The molecule has 0 amide bonds. The molecule has 1 aromatic rings. The maximum atomic E-state index is 6.28. The average molecular weight is 283 g/mol. The Kier molecular flexibility index (Phi) is 7.44. The Morgan fingerprint density at radius 3 is 2.47 bits per heavy atom. The number of benzene rings is 1. The molecule has 0 aliphatic heterocycles. The number of rotatable bonds is 8. The van der Waals surface area contributed by atoms with Gasteiger partial charge in [-0.3, -0.25) is 0 Å². The molecule has 0 saturated carbocycles. The molecule has 108 valence electrons. The van der Waals surface area contributed by atoms with Crippen molar-refractivity contribution in [1.82, 2.24) is 10.2 Å². The van der Waals surface area contributed by atoms with Gasteiger partial charge in [0.15, 0.2) is 0 Å². The lowest BCUT2D eigenvalue weighted by Crippen LogP contribution is -2.31. The Morgan fingerprint density at radius 1 is 1.26 bits per heavy atom. The fourth-order valence-corrected chi connectivity index (χ4v) is 2.69. The summed E-state index contributed by atoms with van der Waals surface area (Å²) in [5.41, 5.74) is 1.20. The van der Waals surface area contributed by atoms with E-state index in [1.54, 1.807) is 0 Å². The predicted octanol–water partition coefficient (Wildman–Crippen LogP) is 3.97. The minimum Gasteiger partial charge on any atom is -0.313 e. The normalized spacial score (nSPS) is 13.2. The predicted molar refractivity (Wildman–Crippen MR) is 84.8 cm³/mol. The van der Waals surface area contributed by atoms with Crippen LogP contribution in [0.15, 0.2) is 24.3 Å². The van der Waals surface area contributed by atoms with Crippen LogP contribution in [0.25, 0.3) is 0 Å². The first-order valence-corrected chi connectivity index (χ1v) is 7.60. The van der Waals surface area contributed by atoms with Crippen molar-refractivity contribution in [1.29, 1.82) is 0 Å². The molecule has 1 unspecified atom stereocenters. The van der Waals surface area contributed by atoms with Gasteiger partial charge in [-0.25, -0.2) is 0 Å². The number of halogens is 1. The minimum absolute atomic E-state index is 0.329. The largest absolute Gasteiger partial charge is 0.313 e. The molecule has 0 bridgehead atoms. The third-order valence-electron chi connectivity index (χ3n) is 3.43. The van der Waals surface area contributed by atoms with E-state index in [4.69, 9.17) is 11.6 Å². The summed E-state index contributed by atoms with van der Waals surface area (Å²) in [5, 5.41) is 4.24. The SMILES string of the molecule is CCN(CCC(NC)c1ccccc1Cl)CC(C)C. The third-order valence-corrected chi connectivity index (χ3v) is 3.78. The molecular formula is C16H27ClN2. The van der Waals surface area contributed by atoms with E-state index < -0.39 is 0 Å². The van der Waals surface area contributed by atoms with Gasteiger partial charge in [-0.15, -0.1) is 0 Å². The van der Waals surface area contributed by atoms with Crippen molar-refractivity contribution in [3.8, 4) is 0 Å². The molecular weight excluding hydrogens is 256 g/mol. The van der Waals surface area contributed by atoms with E-state index in [2.05, 4.69) is 43.1 Å². The van der Waals surface area contributed by atoms with Gasteiger partial charge in [0, 0.05) is 17.6 Å². The minimum atomic E-state index is 0.329.